The topological polar surface area (TPSA) is 62.7 Å². The van der Waals surface area contributed by atoms with Crippen molar-refractivity contribution in [3.8, 4) is 11.1 Å². The molecule has 132 valence electrons. The van der Waals surface area contributed by atoms with Gasteiger partial charge in [0, 0.05) is 29.1 Å². The van der Waals surface area contributed by atoms with Crippen LogP contribution < -0.4 is 4.90 Å². The molecule has 4 rings (SSSR count). The number of aromatic nitrogens is 1. The van der Waals surface area contributed by atoms with Crippen LogP contribution in [-0.4, -0.2) is 42.4 Å². The lowest BCUT2D eigenvalue weighted by Gasteiger charge is -2.30. The van der Waals surface area contributed by atoms with Gasteiger partial charge >= 0.3 is 5.97 Å². The highest BCUT2D eigenvalue weighted by Crippen LogP contribution is 2.37. The van der Waals surface area contributed by atoms with Crippen molar-refractivity contribution < 1.29 is 14.6 Å². The Morgan fingerprint density at radius 1 is 1.12 bits per heavy atom. The number of halogens is 1. The molecule has 0 bridgehead atoms. The molecule has 0 unspecified atom stereocenters. The summed E-state index contributed by atoms with van der Waals surface area (Å²) in [6.07, 6.45) is 0. The van der Waals surface area contributed by atoms with Gasteiger partial charge in [-0.25, -0.2) is 9.78 Å². The molecule has 1 aliphatic rings. The number of benzene rings is 2. The van der Waals surface area contributed by atoms with Crippen LogP contribution >= 0.6 is 11.6 Å². The van der Waals surface area contributed by atoms with Crippen LogP contribution in [0.3, 0.4) is 0 Å². The number of carboxylic acid groups (broad SMARTS) is 1. The van der Waals surface area contributed by atoms with Crippen molar-refractivity contribution in [2.75, 3.05) is 31.2 Å². The number of nitrogens with zero attached hydrogens (tertiary/aromatic N) is 2. The second-order valence-corrected chi connectivity index (χ2v) is 6.55. The third kappa shape index (κ3) is 3.00. The molecule has 1 N–H and O–H groups in total. The van der Waals surface area contributed by atoms with Gasteiger partial charge in [-0.3, -0.25) is 0 Å². The van der Waals surface area contributed by atoms with Crippen LogP contribution in [0.25, 0.3) is 22.0 Å². The van der Waals surface area contributed by atoms with E-state index in [1.807, 2.05) is 41.3 Å². The Morgan fingerprint density at radius 3 is 2.54 bits per heavy atom. The molecular weight excluding hydrogens is 352 g/mol. The van der Waals surface area contributed by atoms with E-state index in [-0.39, 0.29) is 5.56 Å². The second-order valence-electron chi connectivity index (χ2n) is 6.12. The van der Waals surface area contributed by atoms with Gasteiger partial charge in [0.05, 0.1) is 18.7 Å². The van der Waals surface area contributed by atoms with Crippen molar-refractivity contribution in [1.82, 2.24) is 4.98 Å². The molecule has 0 atom stereocenters. The number of ether oxygens (including phenoxy) is 1. The summed E-state index contributed by atoms with van der Waals surface area (Å²) in [7, 11) is 0. The molecule has 0 spiro atoms. The molecule has 1 saturated heterocycles. The summed E-state index contributed by atoms with van der Waals surface area (Å²) in [6, 6.07) is 14.9. The van der Waals surface area contributed by atoms with E-state index in [2.05, 4.69) is 4.98 Å². The van der Waals surface area contributed by atoms with Crippen molar-refractivity contribution in [2.45, 2.75) is 0 Å². The van der Waals surface area contributed by atoms with E-state index >= 15 is 0 Å². The summed E-state index contributed by atoms with van der Waals surface area (Å²) in [5.74, 6) is -0.519. The van der Waals surface area contributed by atoms with Crippen molar-refractivity contribution >= 4 is 34.3 Å². The number of morpholine rings is 1. The number of pyridine rings is 1. The molecule has 0 saturated carbocycles. The largest absolute Gasteiger partial charge is 0.478 e. The lowest BCUT2D eigenvalue weighted by molar-refractivity contribution is 0.0697. The molecule has 1 aromatic heterocycles. The van der Waals surface area contributed by atoms with Crippen LogP contribution in [0, 0.1) is 0 Å². The average molecular weight is 369 g/mol. The maximum Gasteiger partial charge on any atom is 0.340 e. The minimum absolute atomic E-state index is 0.202. The molecule has 3 aromatic rings. The zero-order valence-corrected chi connectivity index (χ0v) is 14.7. The fourth-order valence-electron chi connectivity index (χ4n) is 3.33. The Balaban J connectivity index is 2.07. The van der Waals surface area contributed by atoms with Gasteiger partial charge in [-0.1, -0.05) is 41.9 Å². The molecule has 6 heteroatoms. The van der Waals surface area contributed by atoms with Crippen molar-refractivity contribution in [3.63, 3.8) is 0 Å². The standard InChI is InChI=1S/C20H17ClN2O3/c21-14-6-7-16-15(12-14)17(13-4-2-1-3-5-13)18(20(24)25)19(22-16)23-8-10-26-11-9-23/h1-7,12H,8-11H2,(H,24,25). The number of fused-ring (bicyclic) bond motifs is 1. The van der Waals surface area contributed by atoms with Crippen LogP contribution in [0.1, 0.15) is 10.4 Å². The lowest BCUT2D eigenvalue weighted by atomic mass is 9.95. The highest BCUT2D eigenvalue weighted by atomic mass is 35.5. The van der Waals surface area contributed by atoms with Gasteiger partial charge in [0.15, 0.2) is 0 Å². The quantitative estimate of drug-likeness (QED) is 0.754. The molecule has 5 nitrogen and oxygen atoms in total. The number of hydrogen-bond donors (Lipinski definition) is 1. The summed E-state index contributed by atoms with van der Waals surface area (Å²) >= 11 is 6.20. The number of rotatable bonds is 3. The minimum atomic E-state index is -1.00. The van der Waals surface area contributed by atoms with E-state index < -0.39 is 5.97 Å². The highest BCUT2D eigenvalue weighted by molar-refractivity contribution is 6.31. The molecule has 1 aliphatic heterocycles. The number of aromatic carboxylic acids is 1. The Morgan fingerprint density at radius 2 is 1.85 bits per heavy atom. The van der Waals surface area contributed by atoms with Gasteiger partial charge in [-0.15, -0.1) is 0 Å². The number of carboxylic acids is 1. The predicted molar refractivity (Wildman–Crippen MR) is 102 cm³/mol. The average Bonchev–Trinajstić information content (AvgIpc) is 2.67. The van der Waals surface area contributed by atoms with Gasteiger partial charge in [-0.2, -0.15) is 0 Å². The first-order valence-corrected chi connectivity index (χ1v) is 8.77. The monoisotopic (exact) mass is 368 g/mol. The van der Waals surface area contributed by atoms with Crippen LogP contribution in [0.15, 0.2) is 48.5 Å². The Bertz CT molecular complexity index is 970. The predicted octanol–water partition coefficient (Wildman–Crippen LogP) is 4.09. The van der Waals surface area contributed by atoms with Gasteiger partial charge in [0.1, 0.15) is 11.4 Å². The summed E-state index contributed by atoms with van der Waals surface area (Å²) < 4.78 is 5.41. The van der Waals surface area contributed by atoms with Crippen LogP contribution in [0.5, 0.6) is 0 Å². The molecule has 0 radical (unpaired) electrons. The van der Waals surface area contributed by atoms with Gasteiger partial charge < -0.3 is 14.7 Å². The third-order valence-electron chi connectivity index (χ3n) is 4.51. The summed E-state index contributed by atoms with van der Waals surface area (Å²) in [5.41, 5.74) is 2.40. The van der Waals surface area contributed by atoms with E-state index in [0.717, 1.165) is 16.5 Å². The fraction of sp³-hybridized carbons (Fsp3) is 0.200. The Labute approximate surface area is 155 Å². The Hall–Kier alpha value is -2.63. The van der Waals surface area contributed by atoms with Crippen molar-refractivity contribution in [3.05, 3.63) is 59.1 Å². The van der Waals surface area contributed by atoms with Crippen molar-refractivity contribution in [1.29, 1.82) is 0 Å². The molecule has 2 aromatic carbocycles. The number of carbonyl (C=O) groups is 1. The molecule has 2 heterocycles. The minimum Gasteiger partial charge on any atom is -0.478 e. The smallest absolute Gasteiger partial charge is 0.340 e. The molecule has 26 heavy (non-hydrogen) atoms. The first-order valence-electron chi connectivity index (χ1n) is 8.40. The zero-order valence-electron chi connectivity index (χ0n) is 14.0. The molecule has 0 amide bonds. The number of anilines is 1. The van der Waals surface area contributed by atoms with Gasteiger partial charge in [-0.05, 0) is 23.8 Å². The van der Waals surface area contributed by atoms with E-state index in [1.54, 1.807) is 12.1 Å². The van der Waals surface area contributed by atoms with E-state index in [9.17, 15) is 9.90 Å². The van der Waals surface area contributed by atoms with E-state index in [4.69, 9.17) is 16.3 Å². The van der Waals surface area contributed by atoms with E-state index in [1.165, 1.54) is 0 Å². The first kappa shape index (κ1) is 16.8. The molecule has 1 fully saturated rings. The maximum atomic E-state index is 12.3. The zero-order chi connectivity index (χ0) is 18.1. The number of hydrogen-bond acceptors (Lipinski definition) is 4. The SMILES string of the molecule is O=C(O)c1c(N2CCOCC2)nc2ccc(Cl)cc2c1-c1ccccc1. The van der Waals surface area contributed by atoms with Crippen molar-refractivity contribution in [2.24, 2.45) is 0 Å². The van der Waals surface area contributed by atoms with E-state index in [0.29, 0.717) is 42.7 Å². The Kier molecular flexibility index (Phi) is 4.49. The summed E-state index contributed by atoms with van der Waals surface area (Å²) in [5, 5.41) is 11.3. The first-order chi connectivity index (χ1) is 12.6. The van der Waals surface area contributed by atoms with Gasteiger partial charge in [0.2, 0.25) is 0 Å². The fourth-order valence-corrected chi connectivity index (χ4v) is 3.51. The highest BCUT2D eigenvalue weighted by Gasteiger charge is 2.26. The molecule has 0 aliphatic carbocycles. The van der Waals surface area contributed by atoms with Crippen LogP contribution in [0.4, 0.5) is 5.82 Å². The normalized spacial score (nSPS) is 14.6. The van der Waals surface area contributed by atoms with Crippen LogP contribution in [-0.2, 0) is 4.74 Å². The summed E-state index contributed by atoms with van der Waals surface area (Å²) in [6.45, 7) is 2.33. The van der Waals surface area contributed by atoms with Crippen LogP contribution in [0.2, 0.25) is 5.02 Å². The van der Waals surface area contributed by atoms with Gasteiger partial charge in [0.25, 0.3) is 0 Å². The summed E-state index contributed by atoms with van der Waals surface area (Å²) in [4.78, 5) is 18.9. The maximum absolute atomic E-state index is 12.3. The molecular formula is C20H17ClN2O3. The second kappa shape index (κ2) is 6.94. The lowest BCUT2D eigenvalue weighted by Crippen LogP contribution is -2.38. The third-order valence-corrected chi connectivity index (χ3v) is 4.75.